The first-order valence-electron chi connectivity index (χ1n) is 6.78. The molecule has 1 aromatic carbocycles. The Morgan fingerprint density at radius 1 is 1.15 bits per heavy atom. The number of aromatic nitrogens is 2. The first kappa shape index (κ1) is 14.4. The molecule has 0 saturated heterocycles. The molecule has 0 unspecified atom stereocenters. The van der Waals surface area contributed by atoms with E-state index in [1.807, 2.05) is 19.1 Å². The fourth-order valence-corrected chi connectivity index (χ4v) is 2.10. The van der Waals surface area contributed by atoms with E-state index in [1.54, 1.807) is 0 Å². The number of nitrogens with one attached hydrogen (secondary N) is 1. The van der Waals surface area contributed by atoms with Crippen molar-refractivity contribution < 1.29 is 0 Å². The van der Waals surface area contributed by atoms with Gasteiger partial charge >= 0.3 is 0 Å². The van der Waals surface area contributed by atoms with Crippen molar-refractivity contribution in [2.75, 3.05) is 12.0 Å². The van der Waals surface area contributed by atoms with Crippen LogP contribution in [0.5, 0.6) is 0 Å². The van der Waals surface area contributed by atoms with Gasteiger partial charge in [0.05, 0.1) is 6.54 Å². The standard InChI is InChI=1S/C15H21N5/c1-3-20(10-13-7-5-4-6-8-13)11-15-17-12(2)9-14(18-15)19-16/h4-9H,3,10-11,16H2,1-2H3,(H,17,18,19). The van der Waals surface area contributed by atoms with E-state index in [2.05, 4.69) is 51.5 Å². The average Bonchev–Trinajstić information content (AvgIpc) is 2.47. The Morgan fingerprint density at radius 3 is 2.55 bits per heavy atom. The maximum atomic E-state index is 5.42. The summed E-state index contributed by atoms with van der Waals surface area (Å²) in [7, 11) is 0. The smallest absolute Gasteiger partial charge is 0.145 e. The van der Waals surface area contributed by atoms with E-state index < -0.39 is 0 Å². The minimum absolute atomic E-state index is 0.656. The van der Waals surface area contributed by atoms with Gasteiger partial charge in [0.1, 0.15) is 11.6 Å². The van der Waals surface area contributed by atoms with Crippen molar-refractivity contribution in [3.8, 4) is 0 Å². The van der Waals surface area contributed by atoms with Gasteiger partial charge in [-0.2, -0.15) is 0 Å². The number of benzene rings is 1. The van der Waals surface area contributed by atoms with Crippen molar-refractivity contribution >= 4 is 5.82 Å². The molecule has 0 radical (unpaired) electrons. The number of nitrogens with zero attached hydrogens (tertiary/aromatic N) is 3. The summed E-state index contributed by atoms with van der Waals surface area (Å²) >= 11 is 0. The lowest BCUT2D eigenvalue weighted by molar-refractivity contribution is 0.264. The second-order valence-corrected chi connectivity index (χ2v) is 4.74. The third-order valence-corrected chi connectivity index (χ3v) is 3.11. The predicted molar refractivity (Wildman–Crippen MR) is 80.8 cm³/mol. The zero-order valence-corrected chi connectivity index (χ0v) is 12.0. The number of hydrogen-bond acceptors (Lipinski definition) is 5. The molecule has 20 heavy (non-hydrogen) atoms. The topological polar surface area (TPSA) is 67.1 Å². The highest BCUT2D eigenvalue weighted by Gasteiger charge is 2.08. The summed E-state index contributed by atoms with van der Waals surface area (Å²) in [5, 5.41) is 0. The molecule has 5 nitrogen and oxygen atoms in total. The largest absolute Gasteiger partial charge is 0.308 e. The molecular formula is C15H21N5. The van der Waals surface area contributed by atoms with Crippen LogP contribution in [0.25, 0.3) is 0 Å². The molecule has 0 aliphatic heterocycles. The third kappa shape index (κ3) is 4.01. The Morgan fingerprint density at radius 2 is 1.90 bits per heavy atom. The highest BCUT2D eigenvalue weighted by Crippen LogP contribution is 2.10. The van der Waals surface area contributed by atoms with Crippen LogP contribution in [-0.4, -0.2) is 21.4 Å². The van der Waals surface area contributed by atoms with Gasteiger partial charge in [-0.05, 0) is 19.0 Å². The van der Waals surface area contributed by atoms with Crippen molar-refractivity contribution in [2.45, 2.75) is 26.9 Å². The SMILES string of the molecule is CCN(Cc1ccccc1)Cc1nc(C)cc(NN)n1. The predicted octanol–water partition coefficient (Wildman–Crippen LogP) is 2.09. The minimum atomic E-state index is 0.656. The molecule has 0 amide bonds. The van der Waals surface area contributed by atoms with E-state index in [1.165, 1.54) is 5.56 Å². The van der Waals surface area contributed by atoms with Gasteiger partial charge in [0.2, 0.25) is 0 Å². The van der Waals surface area contributed by atoms with E-state index in [4.69, 9.17) is 5.84 Å². The van der Waals surface area contributed by atoms with Gasteiger partial charge in [-0.15, -0.1) is 0 Å². The normalized spacial score (nSPS) is 10.8. The highest BCUT2D eigenvalue weighted by atomic mass is 15.3. The van der Waals surface area contributed by atoms with Gasteiger partial charge < -0.3 is 5.43 Å². The van der Waals surface area contributed by atoms with Crippen molar-refractivity contribution in [3.05, 3.63) is 53.5 Å². The van der Waals surface area contributed by atoms with Gasteiger partial charge in [-0.25, -0.2) is 15.8 Å². The average molecular weight is 271 g/mol. The van der Waals surface area contributed by atoms with Crippen LogP contribution in [-0.2, 0) is 13.1 Å². The Bertz CT molecular complexity index is 541. The molecular weight excluding hydrogens is 250 g/mol. The summed E-state index contributed by atoms with van der Waals surface area (Å²) in [6.45, 7) is 6.62. The second kappa shape index (κ2) is 6.98. The summed E-state index contributed by atoms with van der Waals surface area (Å²) in [5.74, 6) is 6.86. The molecule has 1 heterocycles. The van der Waals surface area contributed by atoms with Gasteiger partial charge in [0, 0.05) is 18.3 Å². The van der Waals surface area contributed by atoms with Crippen molar-refractivity contribution in [3.63, 3.8) is 0 Å². The number of hydrogen-bond donors (Lipinski definition) is 2. The molecule has 0 fully saturated rings. The number of anilines is 1. The summed E-state index contributed by atoms with van der Waals surface area (Å²) in [5.41, 5.74) is 4.79. The van der Waals surface area contributed by atoms with E-state index in [9.17, 15) is 0 Å². The molecule has 3 N–H and O–H groups in total. The van der Waals surface area contributed by atoms with Crippen LogP contribution >= 0.6 is 0 Å². The van der Waals surface area contributed by atoms with Crippen LogP contribution in [0.3, 0.4) is 0 Å². The summed E-state index contributed by atoms with van der Waals surface area (Å²) in [4.78, 5) is 11.2. The highest BCUT2D eigenvalue weighted by molar-refractivity contribution is 5.33. The molecule has 2 rings (SSSR count). The van der Waals surface area contributed by atoms with E-state index >= 15 is 0 Å². The number of nitrogen functional groups attached to an aromatic ring is 1. The van der Waals surface area contributed by atoms with Crippen LogP contribution in [0.15, 0.2) is 36.4 Å². The maximum Gasteiger partial charge on any atom is 0.145 e. The van der Waals surface area contributed by atoms with Gasteiger partial charge in [-0.3, -0.25) is 4.90 Å². The lowest BCUT2D eigenvalue weighted by atomic mass is 10.2. The Balaban J connectivity index is 2.08. The Kier molecular flexibility index (Phi) is 5.03. The quantitative estimate of drug-likeness (QED) is 0.622. The lowest BCUT2D eigenvalue weighted by Gasteiger charge is -2.20. The fraction of sp³-hybridized carbons (Fsp3) is 0.333. The number of nitrogens with two attached hydrogens (primary N) is 1. The molecule has 0 atom stereocenters. The number of hydrazine groups is 1. The maximum absolute atomic E-state index is 5.42. The molecule has 0 saturated carbocycles. The summed E-state index contributed by atoms with van der Waals surface area (Å²) < 4.78 is 0. The molecule has 0 aliphatic carbocycles. The van der Waals surface area contributed by atoms with Crippen LogP contribution < -0.4 is 11.3 Å². The lowest BCUT2D eigenvalue weighted by Crippen LogP contribution is -2.24. The molecule has 5 heteroatoms. The van der Waals surface area contributed by atoms with Crippen LogP contribution in [0.4, 0.5) is 5.82 Å². The van der Waals surface area contributed by atoms with E-state index in [0.717, 1.165) is 24.6 Å². The minimum Gasteiger partial charge on any atom is -0.308 e. The fourth-order valence-electron chi connectivity index (χ4n) is 2.10. The van der Waals surface area contributed by atoms with Crippen molar-refractivity contribution in [2.24, 2.45) is 5.84 Å². The third-order valence-electron chi connectivity index (χ3n) is 3.11. The Labute approximate surface area is 119 Å². The van der Waals surface area contributed by atoms with Crippen LogP contribution in [0.1, 0.15) is 24.0 Å². The number of rotatable bonds is 6. The second-order valence-electron chi connectivity index (χ2n) is 4.74. The van der Waals surface area contributed by atoms with Gasteiger partial charge in [0.25, 0.3) is 0 Å². The monoisotopic (exact) mass is 271 g/mol. The molecule has 0 aliphatic rings. The molecule has 0 spiro atoms. The van der Waals surface area contributed by atoms with Gasteiger partial charge in [-0.1, -0.05) is 37.3 Å². The zero-order chi connectivity index (χ0) is 14.4. The first-order chi connectivity index (χ1) is 9.71. The molecule has 1 aromatic heterocycles. The van der Waals surface area contributed by atoms with E-state index in [-0.39, 0.29) is 0 Å². The number of aryl methyl sites for hydroxylation is 1. The summed E-state index contributed by atoms with van der Waals surface area (Å²) in [6.07, 6.45) is 0. The van der Waals surface area contributed by atoms with E-state index in [0.29, 0.717) is 12.4 Å². The Hall–Kier alpha value is -1.98. The molecule has 0 bridgehead atoms. The van der Waals surface area contributed by atoms with Crippen molar-refractivity contribution in [1.29, 1.82) is 0 Å². The molecule has 106 valence electrons. The van der Waals surface area contributed by atoms with Crippen molar-refractivity contribution in [1.82, 2.24) is 14.9 Å². The van der Waals surface area contributed by atoms with Gasteiger partial charge in [0.15, 0.2) is 0 Å². The first-order valence-corrected chi connectivity index (χ1v) is 6.78. The summed E-state index contributed by atoms with van der Waals surface area (Å²) in [6, 6.07) is 12.2. The van der Waals surface area contributed by atoms with Crippen LogP contribution in [0, 0.1) is 6.92 Å². The molecule has 2 aromatic rings. The zero-order valence-electron chi connectivity index (χ0n) is 12.0. The van der Waals surface area contributed by atoms with Crippen LogP contribution in [0.2, 0.25) is 0 Å².